The minimum Gasteiger partial charge on any atom is -0.480 e. The van der Waals surface area contributed by atoms with Crippen molar-refractivity contribution in [3.63, 3.8) is 0 Å². The van der Waals surface area contributed by atoms with Crippen LogP contribution < -0.4 is 33.2 Å². The molecule has 3 amide bonds. The number of nitrogens with one attached hydrogen (secondary N) is 3. The summed E-state index contributed by atoms with van der Waals surface area (Å²) in [6.45, 7) is 1.70. The molecule has 4 atom stereocenters. The van der Waals surface area contributed by atoms with Crippen molar-refractivity contribution >= 4 is 42.3 Å². The standard InChI is InChI=1S/C21H33N7O5S/c1-12(22)17(29)26-14(8-5-9-25-21(23)24)18(30)28-16(11-34)19(31)27-15(20(32)33)10-13-6-3-2-4-7-13/h2-4,6-7,12,14-16,34H,5,8-11,22H2,1H3,(H,26,29)(H,27,31)(H,28,30)(H,32,33)(H4,23,24,25). The Hall–Kier alpha value is -3.32. The maximum absolute atomic E-state index is 12.8. The smallest absolute Gasteiger partial charge is 0.326 e. The maximum atomic E-state index is 12.8. The van der Waals surface area contributed by atoms with Gasteiger partial charge in [-0.2, -0.15) is 12.6 Å². The van der Waals surface area contributed by atoms with E-state index in [-0.39, 0.29) is 31.1 Å². The number of aliphatic imine (C=N–C) groups is 1. The highest BCUT2D eigenvalue weighted by Gasteiger charge is 2.29. The number of guanidine groups is 1. The lowest BCUT2D eigenvalue weighted by molar-refractivity contribution is -0.142. The zero-order chi connectivity index (χ0) is 25.7. The normalized spacial score (nSPS) is 14.1. The van der Waals surface area contributed by atoms with Crippen LogP contribution in [0.5, 0.6) is 0 Å². The number of carboxylic acids is 1. The molecule has 1 rings (SSSR count). The van der Waals surface area contributed by atoms with E-state index in [4.69, 9.17) is 17.2 Å². The molecule has 10 N–H and O–H groups in total. The molecule has 0 saturated heterocycles. The van der Waals surface area contributed by atoms with Gasteiger partial charge in [-0.25, -0.2) is 4.79 Å². The van der Waals surface area contributed by atoms with Crippen LogP contribution in [0.2, 0.25) is 0 Å². The first-order chi connectivity index (χ1) is 16.0. The monoisotopic (exact) mass is 495 g/mol. The Kier molecular flexibility index (Phi) is 12.5. The Morgan fingerprint density at radius 1 is 0.971 bits per heavy atom. The molecule has 0 heterocycles. The quantitative estimate of drug-likeness (QED) is 0.0629. The Bertz CT molecular complexity index is 862. The molecule has 34 heavy (non-hydrogen) atoms. The van der Waals surface area contributed by atoms with E-state index < -0.39 is 47.9 Å². The van der Waals surface area contributed by atoms with E-state index in [1.165, 1.54) is 6.92 Å². The molecular formula is C21H33N7O5S. The SMILES string of the molecule is CC(N)C(=O)NC(CCCN=C(N)N)C(=O)NC(CS)C(=O)NC(Cc1ccccc1)C(=O)O. The summed E-state index contributed by atoms with van der Waals surface area (Å²) >= 11 is 4.11. The molecule has 1 aromatic carbocycles. The molecule has 4 unspecified atom stereocenters. The summed E-state index contributed by atoms with van der Waals surface area (Å²) in [6.07, 6.45) is 0.603. The van der Waals surface area contributed by atoms with Gasteiger partial charge in [-0.05, 0) is 25.3 Å². The third-order valence-electron chi connectivity index (χ3n) is 4.70. The topological polar surface area (TPSA) is 215 Å². The van der Waals surface area contributed by atoms with Gasteiger partial charge in [0.2, 0.25) is 17.7 Å². The highest BCUT2D eigenvalue weighted by Crippen LogP contribution is 2.05. The number of amides is 3. The molecule has 0 spiro atoms. The summed E-state index contributed by atoms with van der Waals surface area (Å²) in [5.41, 5.74) is 16.9. The number of carbonyl (C=O) groups excluding carboxylic acids is 3. The fourth-order valence-electron chi connectivity index (χ4n) is 2.86. The number of nitrogens with two attached hydrogens (primary N) is 3. The second kappa shape index (κ2) is 14.8. The number of rotatable bonds is 14. The molecule has 0 aromatic heterocycles. The fraction of sp³-hybridized carbons (Fsp3) is 0.476. The van der Waals surface area contributed by atoms with Gasteiger partial charge in [0.15, 0.2) is 5.96 Å². The average Bonchev–Trinajstić information content (AvgIpc) is 2.78. The van der Waals surface area contributed by atoms with Crippen LogP contribution in [0.3, 0.4) is 0 Å². The molecule has 0 radical (unpaired) electrons. The lowest BCUT2D eigenvalue weighted by atomic mass is 10.1. The predicted octanol–water partition coefficient (Wildman–Crippen LogP) is -1.90. The Morgan fingerprint density at radius 3 is 2.06 bits per heavy atom. The first kappa shape index (κ1) is 28.7. The van der Waals surface area contributed by atoms with E-state index in [1.54, 1.807) is 30.3 Å². The summed E-state index contributed by atoms with van der Waals surface area (Å²) in [5.74, 6) is -3.34. The molecule has 0 fully saturated rings. The van der Waals surface area contributed by atoms with Crippen LogP contribution in [0, 0.1) is 0 Å². The summed E-state index contributed by atoms with van der Waals surface area (Å²) in [7, 11) is 0. The van der Waals surface area contributed by atoms with Crippen LogP contribution in [-0.4, -0.2) is 71.2 Å². The molecule has 0 aliphatic rings. The second-order valence-corrected chi connectivity index (χ2v) is 8.00. The third-order valence-corrected chi connectivity index (χ3v) is 5.07. The van der Waals surface area contributed by atoms with E-state index in [0.29, 0.717) is 6.42 Å². The van der Waals surface area contributed by atoms with Crippen LogP contribution in [0.4, 0.5) is 0 Å². The van der Waals surface area contributed by atoms with Crippen molar-refractivity contribution in [3.8, 4) is 0 Å². The maximum Gasteiger partial charge on any atom is 0.326 e. The first-order valence-corrected chi connectivity index (χ1v) is 11.3. The van der Waals surface area contributed by atoms with Gasteiger partial charge in [0.1, 0.15) is 18.1 Å². The van der Waals surface area contributed by atoms with E-state index in [9.17, 15) is 24.3 Å². The Labute approximate surface area is 203 Å². The number of carbonyl (C=O) groups is 4. The summed E-state index contributed by atoms with van der Waals surface area (Å²) in [5, 5.41) is 17.0. The number of hydrogen-bond donors (Lipinski definition) is 8. The van der Waals surface area contributed by atoms with Gasteiger partial charge in [-0.15, -0.1) is 0 Å². The van der Waals surface area contributed by atoms with Crippen molar-refractivity contribution in [1.29, 1.82) is 0 Å². The molecule has 0 saturated carbocycles. The summed E-state index contributed by atoms with van der Waals surface area (Å²) in [6, 6.07) is 4.59. The zero-order valence-corrected chi connectivity index (χ0v) is 19.8. The summed E-state index contributed by atoms with van der Waals surface area (Å²) in [4.78, 5) is 53.1. The van der Waals surface area contributed by atoms with Gasteiger partial charge >= 0.3 is 5.97 Å². The number of aliphatic carboxylic acids is 1. The van der Waals surface area contributed by atoms with Crippen molar-refractivity contribution in [2.75, 3.05) is 12.3 Å². The van der Waals surface area contributed by atoms with Crippen LogP contribution in [0.1, 0.15) is 25.3 Å². The highest BCUT2D eigenvalue weighted by atomic mass is 32.1. The van der Waals surface area contributed by atoms with Crippen LogP contribution in [0.25, 0.3) is 0 Å². The molecule has 0 aliphatic carbocycles. The summed E-state index contributed by atoms with van der Waals surface area (Å²) < 4.78 is 0. The van der Waals surface area contributed by atoms with Gasteiger partial charge in [0.25, 0.3) is 0 Å². The van der Waals surface area contributed by atoms with E-state index in [2.05, 4.69) is 33.6 Å². The number of nitrogens with zero attached hydrogens (tertiary/aromatic N) is 1. The number of thiol groups is 1. The van der Waals surface area contributed by atoms with Crippen molar-refractivity contribution in [1.82, 2.24) is 16.0 Å². The van der Waals surface area contributed by atoms with E-state index in [0.717, 1.165) is 5.56 Å². The number of hydrogen-bond acceptors (Lipinski definition) is 7. The predicted molar refractivity (Wildman–Crippen MR) is 131 cm³/mol. The van der Waals surface area contributed by atoms with Crippen molar-refractivity contribution in [2.45, 2.75) is 50.4 Å². The van der Waals surface area contributed by atoms with Crippen LogP contribution in [0.15, 0.2) is 35.3 Å². The van der Waals surface area contributed by atoms with Gasteiger partial charge in [0, 0.05) is 18.7 Å². The Balaban J connectivity index is 2.85. The van der Waals surface area contributed by atoms with E-state index in [1.807, 2.05) is 0 Å². The molecule has 12 nitrogen and oxygen atoms in total. The first-order valence-electron chi connectivity index (χ1n) is 10.6. The van der Waals surface area contributed by atoms with Gasteiger partial charge < -0.3 is 38.3 Å². The van der Waals surface area contributed by atoms with E-state index >= 15 is 0 Å². The second-order valence-electron chi connectivity index (χ2n) is 7.63. The van der Waals surface area contributed by atoms with Crippen LogP contribution >= 0.6 is 12.6 Å². The van der Waals surface area contributed by atoms with Crippen molar-refractivity contribution in [2.24, 2.45) is 22.2 Å². The molecular weight excluding hydrogens is 462 g/mol. The number of carboxylic acid groups (broad SMARTS) is 1. The minimum atomic E-state index is -1.22. The molecule has 188 valence electrons. The number of benzene rings is 1. The average molecular weight is 496 g/mol. The zero-order valence-electron chi connectivity index (χ0n) is 18.9. The third kappa shape index (κ3) is 10.5. The van der Waals surface area contributed by atoms with Crippen LogP contribution in [-0.2, 0) is 25.6 Å². The van der Waals surface area contributed by atoms with Gasteiger partial charge in [0.05, 0.1) is 6.04 Å². The van der Waals surface area contributed by atoms with Crippen molar-refractivity contribution < 1.29 is 24.3 Å². The van der Waals surface area contributed by atoms with Gasteiger partial charge in [-0.1, -0.05) is 30.3 Å². The van der Waals surface area contributed by atoms with Crippen molar-refractivity contribution in [3.05, 3.63) is 35.9 Å². The lowest BCUT2D eigenvalue weighted by Gasteiger charge is -2.24. The Morgan fingerprint density at radius 2 is 1.53 bits per heavy atom. The largest absolute Gasteiger partial charge is 0.480 e. The fourth-order valence-corrected chi connectivity index (χ4v) is 3.12. The highest BCUT2D eigenvalue weighted by molar-refractivity contribution is 7.80. The lowest BCUT2D eigenvalue weighted by Crippen LogP contribution is -2.57. The molecule has 0 aliphatic heterocycles. The molecule has 13 heteroatoms. The minimum absolute atomic E-state index is 0.0625. The molecule has 0 bridgehead atoms. The van der Waals surface area contributed by atoms with Gasteiger partial charge in [-0.3, -0.25) is 19.4 Å². The molecule has 1 aromatic rings.